The Bertz CT molecular complexity index is 458. The molecule has 86 valence electrons. The van der Waals surface area contributed by atoms with Gasteiger partial charge in [-0.05, 0) is 25.2 Å². The molecule has 2 aromatic heterocycles. The summed E-state index contributed by atoms with van der Waals surface area (Å²) in [5.74, 6) is 1.92. The lowest BCUT2D eigenvalue weighted by Gasteiger charge is -2.10. The Kier molecular flexibility index (Phi) is 3.10. The summed E-state index contributed by atoms with van der Waals surface area (Å²) in [7, 11) is 3.82. The van der Waals surface area contributed by atoms with Gasteiger partial charge in [-0.25, -0.2) is 0 Å². The fourth-order valence-corrected chi connectivity index (χ4v) is 1.76. The molecule has 1 unspecified atom stereocenters. The van der Waals surface area contributed by atoms with Crippen LogP contribution >= 0.6 is 0 Å². The molecule has 0 radical (unpaired) electrons. The van der Waals surface area contributed by atoms with Crippen LogP contribution in [0.4, 0.5) is 0 Å². The fourth-order valence-electron chi connectivity index (χ4n) is 1.76. The Morgan fingerprint density at radius 2 is 2.25 bits per heavy atom. The molecule has 4 heteroatoms. The molecule has 4 nitrogen and oxygen atoms in total. The third kappa shape index (κ3) is 2.02. The molecule has 0 aliphatic rings. The van der Waals surface area contributed by atoms with Crippen molar-refractivity contribution >= 4 is 0 Å². The number of nitrogens with one attached hydrogen (secondary N) is 1. The summed E-state index contributed by atoms with van der Waals surface area (Å²) in [6.45, 7) is 2.08. The maximum Gasteiger partial charge on any atom is 0.127 e. The highest BCUT2D eigenvalue weighted by Crippen LogP contribution is 2.22. The molecule has 0 saturated heterocycles. The first-order valence-corrected chi connectivity index (χ1v) is 5.50. The summed E-state index contributed by atoms with van der Waals surface area (Å²) in [6, 6.07) is 6.05. The Morgan fingerprint density at radius 3 is 2.75 bits per heavy atom. The van der Waals surface area contributed by atoms with Gasteiger partial charge < -0.3 is 9.73 Å². The molecule has 0 fully saturated rings. The number of nitrogens with zero attached hydrogens (tertiary/aromatic N) is 2. The lowest BCUT2D eigenvalue weighted by molar-refractivity contribution is 0.429. The van der Waals surface area contributed by atoms with Crippen LogP contribution in [0.15, 0.2) is 28.8 Å². The zero-order chi connectivity index (χ0) is 11.5. The second kappa shape index (κ2) is 4.53. The van der Waals surface area contributed by atoms with Crippen LogP contribution in [0.3, 0.4) is 0 Å². The van der Waals surface area contributed by atoms with E-state index in [1.165, 1.54) is 0 Å². The Balaban J connectivity index is 2.28. The van der Waals surface area contributed by atoms with Crippen LogP contribution in [0, 0.1) is 0 Å². The monoisotopic (exact) mass is 219 g/mol. The molecule has 0 aliphatic heterocycles. The minimum Gasteiger partial charge on any atom is -0.464 e. The predicted molar refractivity (Wildman–Crippen MR) is 62.2 cm³/mol. The van der Waals surface area contributed by atoms with Crippen LogP contribution < -0.4 is 5.32 Å². The molecule has 0 aromatic carbocycles. The number of hydrogen-bond acceptors (Lipinski definition) is 3. The first-order valence-electron chi connectivity index (χ1n) is 5.50. The van der Waals surface area contributed by atoms with Crippen molar-refractivity contribution in [2.45, 2.75) is 19.4 Å². The zero-order valence-corrected chi connectivity index (χ0v) is 9.90. The molecule has 16 heavy (non-hydrogen) atoms. The van der Waals surface area contributed by atoms with Crippen molar-refractivity contribution in [2.24, 2.45) is 7.05 Å². The summed E-state index contributed by atoms with van der Waals surface area (Å²) in [6.07, 6.45) is 2.85. The van der Waals surface area contributed by atoms with Crippen molar-refractivity contribution in [3.63, 3.8) is 0 Å². The van der Waals surface area contributed by atoms with Gasteiger partial charge in [-0.15, -0.1) is 0 Å². The van der Waals surface area contributed by atoms with Gasteiger partial charge in [0.1, 0.15) is 17.6 Å². The highest BCUT2D eigenvalue weighted by atomic mass is 16.3. The molecule has 0 bridgehead atoms. The number of rotatable bonds is 4. The second-order valence-electron chi connectivity index (χ2n) is 3.79. The van der Waals surface area contributed by atoms with Crippen LogP contribution in [-0.4, -0.2) is 16.8 Å². The van der Waals surface area contributed by atoms with E-state index in [2.05, 4.69) is 17.3 Å². The predicted octanol–water partition coefficient (Wildman–Crippen LogP) is 1.88. The largest absolute Gasteiger partial charge is 0.464 e. The van der Waals surface area contributed by atoms with Gasteiger partial charge in [-0.1, -0.05) is 6.92 Å². The van der Waals surface area contributed by atoms with E-state index < -0.39 is 0 Å². The zero-order valence-electron chi connectivity index (χ0n) is 9.90. The summed E-state index contributed by atoms with van der Waals surface area (Å²) < 4.78 is 7.53. The molecule has 0 saturated carbocycles. The van der Waals surface area contributed by atoms with Gasteiger partial charge in [-0.2, -0.15) is 5.10 Å². The van der Waals surface area contributed by atoms with E-state index in [9.17, 15) is 0 Å². The number of aryl methyl sites for hydroxylation is 2. The van der Waals surface area contributed by atoms with Crippen molar-refractivity contribution in [1.82, 2.24) is 15.1 Å². The third-order valence-electron chi connectivity index (χ3n) is 2.63. The first kappa shape index (κ1) is 11.0. The lowest BCUT2D eigenvalue weighted by atomic mass is 10.1. The Labute approximate surface area is 95.3 Å². The third-order valence-corrected chi connectivity index (χ3v) is 2.63. The molecule has 0 spiro atoms. The van der Waals surface area contributed by atoms with E-state index in [1.54, 1.807) is 4.68 Å². The van der Waals surface area contributed by atoms with Crippen LogP contribution in [0.25, 0.3) is 0 Å². The molecule has 0 aliphatic carbocycles. The summed E-state index contributed by atoms with van der Waals surface area (Å²) in [5.41, 5.74) is 0.974. The van der Waals surface area contributed by atoms with Crippen LogP contribution in [0.1, 0.15) is 30.2 Å². The summed E-state index contributed by atoms with van der Waals surface area (Å²) >= 11 is 0. The molecular formula is C12H17N3O. The fraction of sp³-hybridized carbons (Fsp3) is 0.417. The van der Waals surface area contributed by atoms with E-state index in [0.29, 0.717) is 0 Å². The molecule has 0 amide bonds. The second-order valence-corrected chi connectivity index (χ2v) is 3.79. The van der Waals surface area contributed by atoms with E-state index >= 15 is 0 Å². The standard InChI is InChI=1S/C12H17N3O/c1-4-9-5-6-11(16-9)12(13-2)10-7-8-15(3)14-10/h5-8,12-13H,4H2,1-3H3. The Morgan fingerprint density at radius 1 is 1.44 bits per heavy atom. The maximum atomic E-state index is 5.74. The number of hydrogen-bond donors (Lipinski definition) is 1. The van der Waals surface area contributed by atoms with Gasteiger partial charge in [0, 0.05) is 19.7 Å². The van der Waals surface area contributed by atoms with Gasteiger partial charge in [0.05, 0.1) is 5.69 Å². The van der Waals surface area contributed by atoms with Crippen LogP contribution in [0.2, 0.25) is 0 Å². The summed E-state index contributed by atoms with van der Waals surface area (Å²) in [4.78, 5) is 0. The SMILES string of the molecule is CCc1ccc(C(NC)c2ccn(C)n2)o1. The normalized spacial score (nSPS) is 12.9. The molecule has 1 atom stereocenters. The molecule has 1 N–H and O–H groups in total. The molecule has 2 rings (SSSR count). The van der Waals surface area contributed by atoms with Crippen molar-refractivity contribution < 1.29 is 4.42 Å². The topological polar surface area (TPSA) is 43.0 Å². The highest BCUT2D eigenvalue weighted by molar-refractivity contribution is 5.20. The van der Waals surface area contributed by atoms with Gasteiger partial charge >= 0.3 is 0 Å². The van der Waals surface area contributed by atoms with Crippen LogP contribution in [-0.2, 0) is 13.5 Å². The van der Waals surface area contributed by atoms with Crippen molar-refractivity contribution in [1.29, 1.82) is 0 Å². The lowest BCUT2D eigenvalue weighted by Crippen LogP contribution is -2.17. The number of furan rings is 1. The van der Waals surface area contributed by atoms with E-state index in [-0.39, 0.29) is 6.04 Å². The Hall–Kier alpha value is -1.55. The van der Waals surface area contributed by atoms with Crippen molar-refractivity contribution in [3.05, 3.63) is 41.6 Å². The average molecular weight is 219 g/mol. The van der Waals surface area contributed by atoms with E-state index in [0.717, 1.165) is 23.6 Å². The minimum absolute atomic E-state index is 0.0292. The van der Waals surface area contributed by atoms with Crippen molar-refractivity contribution in [2.75, 3.05) is 7.05 Å². The average Bonchev–Trinajstić information content (AvgIpc) is 2.89. The summed E-state index contributed by atoms with van der Waals surface area (Å²) in [5, 5.41) is 7.60. The molecule has 2 aromatic rings. The van der Waals surface area contributed by atoms with Gasteiger partial charge in [0.25, 0.3) is 0 Å². The highest BCUT2D eigenvalue weighted by Gasteiger charge is 2.17. The van der Waals surface area contributed by atoms with Gasteiger partial charge in [0.2, 0.25) is 0 Å². The maximum absolute atomic E-state index is 5.74. The van der Waals surface area contributed by atoms with Crippen molar-refractivity contribution in [3.8, 4) is 0 Å². The number of aromatic nitrogens is 2. The first-order chi connectivity index (χ1) is 7.74. The molecular weight excluding hydrogens is 202 g/mol. The molecule has 2 heterocycles. The van der Waals surface area contributed by atoms with Crippen LogP contribution in [0.5, 0.6) is 0 Å². The van der Waals surface area contributed by atoms with E-state index in [4.69, 9.17) is 4.42 Å². The van der Waals surface area contributed by atoms with Gasteiger partial charge in [0.15, 0.2) is 0 Å². The smallest absolute Gasteiger partial charge is 0.127 e. The quantitative estimate of drug-likeness (QED) is 0.853. The van der Waals surface area contributed by atoms with Gasteiger partial charge in [-0.3, -0.25) is 4.68 Å². The minimum atomic E-state index is 0.0292. The van der Waals surface area contributed by atoms with E-state index in [1.807, 2.05) is 38.5 Å².